The Bertz CT molecular complexity index is 566. The van der Waals surface area contributed by atoms with Crippen LogP contribution in [0.1, 0.15) is 47.4 Å². The second kappa shape index (κ2) is 5.87. The van der Waals surface area contributed by atoms with Gasteiger partial charge in [0.2, 0.25) is 0 Å². The Balaban J connectivity index is 2.39. The van der Waals surface area contributed by atoms with Gasteiger partial charge in [0.25, 0.3) is 0 Å². The molecule has 0 aliphatic carbocycles. The zero-order valence-corrected chi connectivity index (χ0v) is 11.9. The van der Waals surface area contributed by atoms with Crippen LogP contribution in [-0.2, 0) is 13.0 Å². The monoisotopic (exact) mass is 255 g/mol. The van der Waals surface area contributed by atoms with Crippen LogP contribution in [0.4, 0.5) is 0 Å². The third-order valence-electron chi connectivity index (χ3n) is 3.51. The molecule has 0 atom stereocenters. The first-order valence-electron chi connectivity index (χ1n) is 6.93. The molecule has 2 heteroatoms. The van der Waals surface area contributed by atoms with Crippen LogP contribution in [-0.4, -0.2) is 10.4 Å². The smallest absolute Gasteiger partial charge is 0.164 e. The maximum Gasteiger partial charge on any atom is 0.164 e. The fraction of sp³-hybridized carbons (Fsp3) is 0.353. The summed E-state index contributed by atoms with van der Waals surface area (Å²) >= 11 is 0. The van der Waals surface area contributed by atoms with Gasteiger partial charge in [-0.2, -0.15) is 0 Å². The minimum Gasteiger partial charge on any atom is -0.346 e. The Kier molecular flexibility index (Phi) is 4.20. The Morgan fingerprint density at radius 1 is 1.16 bits per heavy atom. The van der Waals surface area contributed by atoms with E-state index in [4.69, 9.17) is 0 Å². The number of hydrogen-bond donors (Lipinski definition) is 0. The molecule has 0 amide bonds. The second-order valence-electron chi connectivity index (χ2n) is 4.88. The van der Waals surface area contributed by atoms with Crippen molar-refractivity contribution < 1.29 is 4.79 Å². The highest BCUT2D eigenvalue weighted by atomic mass is 16.1. The number of aromatic nitrogens is 1. The lowest BCUT2D eigenvalue weighted by Crippen LogP contribution is -2.07. The van der Waals surface area contributed by atoms with Crippen molar-refractivity contribution in [2.45, 2.75) is 40.2 Å². The minimum atomic E-state index is 0.251. The Morgan fingerprint density at radius 2 is 1.84 bits per heavy atom. The van der Waals surface area contributed by atoms with E-state index in [0.29, 0.717) is 6.42 Å². The third-order valence-corrected chi connectivity index (χ3v) is 3.51. The van der Waals surface area contributed by atoms with Crippen molar-refractivity contribution in [1.29, 1.82) is 0 Å². The molecule has 2 aromatic rings. The molecule has 0 radical (unpaired) electrons. The molecule has 0 aliphatic rings. The number of hydrogen-bond acceptors (Lipinski definition) is 1. The van der Waals surface area contributed by atoms with Gasteiger partial charge in [-0.05, 0) is 24.5 Å². The standard InChI is InChI=1S/C17H21NO/c1-4-15-17(16(19)5-2)13(3)11-18(15)12-14-9-7-6-8-10-14/h6-11H,4-5,12H2,1-3H3. The normalized spacial score (nSPS) is 10.7. The van der Waals surface area contributed by atoms with Gasteiger partial charge in [-0.3, -0.25) is 4.79 Å². The first-order valence-corrected chi connectivity index (χ1v) is 6.93. The van der Waals surface area contributed by atoms with Crippen molar-refractivity contribution in [2.24, 2.45) is 0 Å². The van der Waals surface area contributed by atoms with Gasteiger partial charge in [-0.15, -0.1) is 0 Å². The first-order chi connectivity index (χ1) is 9.17. The minimum absolute atomic E-state index is 0.251. The van der Waals surface area contributed by atoms with Crippen molar-refractivity contribution >= 4 is 5.78 Å². The molecule has 0 spiro atoms. The molecular weight excluding hydrogens is 234 g/mol. The molecule has 0 aliphatic heterocycles. The molecule has 0 fully saturated rings. The lowest BCUT2D eigenvalue weighted by molar-refractivity contribution is 0.0986. The summed E-state index contributed by atoms with van der Waals surface area (Å²) in [5.41, 5.74) is 4.46. The van der Waals surface area contributed by atoms with Gasteiger partial charge in [-0.1, -0.05) is 44.2 Å². The number of carbonyl (C=O) groups is 1. The summed E-state index contributed by atoms with van der Waals surface area (Å²) in [5.74, 6) is 0.251. The van der Waals surface area contributed by atoms with Crippen molar-refractivity contribution in [2.75, 3.05) is 0 Å². The Hall–Kier alpha value is -1.83. The van der Waals surface area contributed by atoms with Crippen LogP contribution in [0, 0.1) is 6.92 Å². The molecule has 0 bridgehead atoms. The predicted octanol–water partition coefficient (Wildman–Crippen LogP) is 4.00. The van der Waals surface area contributed by atoms with Crippen LogP contribution >= 0.6 is 0 Å². The largest absolute Gasteiger partial charge is 0.346 e. The van der Waals surface area contributed by atoms with Crippen molar-refractivity contribution in [3.05, 3.63) is 58.9 Å². The molecule has 19 heavy (non-hydrogen) atoms. The molecule has 2 nitrogen and oxygen atoms in total. The number of benzene rings is 1. The number of nitrogens with zero attached hydrogens (tertiary/aromatic N) is 1. The molecule has 0 N–H and O–H groups in total. The van der Waals surface area contributed by atoms with E-state index < -0.39 is 0 Å². The summed E-state index contributed by atoms with van der Waals surface area (Å²) in [6, 6.07) is 10.4. The van der Waals surface area contributed by atoms with Gasteiger partial charge in [0.1, 0.15) is 0 Å². The SMILES string of the molecule is CCC(=O)c1c(C)cn(Cc2ccccc2)c1CC. The highest BCUT2D eigenvalue weighted by molar-refractivity contribution is 5.98. The summed E-state index contributed by atoms with van der Waals surface area (Å²) < 4.78 is 2.22. The van der Waals surface area contributed by atoms with Gasteiger partial charge in [0.05, 0.1) is 0 Å². The number of carbonyl (C=O) groups excluding carboxylic acids is 1. The summed E-state index contributed by atoms with van der Waals surface area (Å²) in [5, 5.41) is 0. The van der Waals surface area contributed by atoms with Crippen LogP contribution in [0.25, 0.3) is 0 Å². The van der Waals surface area contributed by atoms with Gasteiger partial charge < -0.3 is 4.57 Å². The van der Waals surface area contributed by atoms with E-state index in [0.717, 1.165) is 29.8 Å². The molecule has 1 aromatic carbocycles. The number of aryl methyl sites for hydroxylation is 1. The number of rotatable bonds is 5. The summed E-state index contributed by atoms with van der Waals surface area (Å²) in [6.45, 7) is 6.91. The van der Waals surface area contributed by atoms with Gasteiger partial charge in [0.15, 0.2) is 5.78 Å². The zero-order valence-electron chi connectivity index (χ0n) is 11.9. The molecule has 0 saturated heterocycles. The quantitative estimate of drug-likeness (QED) is 0.740. The lowest BCUT2D eigenvalue weighted by atomic mass is 10.0. The fourth-order valence-corrected chi connectivity index (χ4v) is 2.61. The summed E-state index contributed by atoms with van der Waals surface area (Å²) in [6.07, 6.45) is 3.57. The lowest BCUT2D eigenvalue weighted by Gasteiger charge is -2.09. The number of ketones is 1. The van der Waals surface area contributed by atoms with E-state index in [-0.39, 0.29) is 5.78 Å². The maximum atomic E-state index is 12.1. The van der Waals surface area contributed by atoms with Gasteiger partial charge >= 0.3 is 0 Å². The fourth-order valence-electron chi connectivity index (χ4n) is 2.61. The van der Waals surface area contributed by atoms with E-state index in [2.05, 4.69) is 42.0 Å². The zero-order chi connectivity index (χ0) is 13.8. The summed E-state index contributed by atoms with van der Waals surface area (Å²) in [4.78, 5) is 12.1. The maximum absolute atomic E-state index is 12.1. The third kappa shape index (κ3) is 2.78. The average Bonchev–Trinajstić information content (AvgIpc) is 2.74. The van der Waals surface area contributed by atoms with E-state index in [1.807, 2.05) is 19.9 Å². The van der Waals surface area contributed by atoms with Crippen LogP contribution < -0.4 is 0 Å². The van der Waals surface area contributed by atoms with E-state index >= 15 is 0 Å². The first kappa shape index (κ1) is 13.6. The molecule has 2 rings (SSSR count). The van der Waals surface area contributed by atoms with Crippen LogP contribution in [0.5, 0.6) is 0 Å². The molecule has 0 unspecified atom stereocenters. The van der Waals surface area contributed by atoms with E-state index in [9.17, 15) is 4.79 Å². The van der Waals surface area contributed by atoms with Crippen molar-refractivity contribution in [1.82, 2.24) is 4.57 Å². The molecule has 100 valence electrons. The molecule has 0 saturated carbocycles. The molecular formula is C17H21NO. The molecule has 1 aromatic heterocycles. The van der Waals surface area contributed by atoms with E-state index in [1.54, 1.807) is 0 Å². The highest BCUT2D eigenvalue weighted by Crippen LogP contribution is 2.21. The molecule has 1 heterocycles. The Morgan fingerprint density at radius 3 is 2.42 bits per heavy atom. The van der Waals surface area contributed by atoms with E-state index in [1.165, 1.54) is 5.56 Å². The average molecular weight is 255 g/mol. The van der Waals surface area contributed by atoms with Crippen LogP contribution in [0.15, 0.2) is 36.5 Å². The highest BCUT2D eigenvalue weighted by Gasteiger charge is 2.17. The predicted molar refractivity (Wildman–Crippen MR) is 78.7 cm³/mol. The van der Waals surface area contributed by atoms with Gasteiger partial charge in [-0.25, -0.2) is 0 Å². The Labute approximate surface area is 115 Å². The van der Waals surface area contributed by atoms with Crippen molar-refractivity contribution in [3.8, 4) is 0 Å². The summed E-state index contributed by atoms with van der Waals surface area (Å²) in [7, 11) is 0. The van der Waals surface area contributed by atoms with Crippen LogP contribution in [0.3, 0.4) is 0 Å². The van der Waals surface area contributed by atoms with Crippen LogP contribution in [0.2, 0.25) is 0 Å². The second-order valence-corrected chi connectivity index (χ2v) is 4.88. The van der Waals surface area contributed by atoms with Gasteiger partial charge in [0, 0.05) is 30.4 Å². The van der Waals surface area contributed by atoms with Crippen molar-refractivity contribution in [3.63, 3.8) is 0 Å². The topological polar surface area (TPSA) is 22.0 Å². The number of Topliss-reactive ketones (excluding diaryl/α,β-unsaturated/α-hetero) is 1.